The van der Waals surface area contributed by atoms with Crippen LogP contribution in [0.5, 0.6) is 0 Å². The average molecular weight is 207 g/mol. The van der Waals surface area contributed by atoms with E-state index >= 15 is 0 Å². The molecule has 1 heterocycles. The van der Waals surface area contributed by atoms with Crippen LogP contribution >= 0.6 is 11.5 Å². The van der Waals surface area contributed by atoms with Crippen LogP contribution in [0.15, 0.2) is 30.3 Å². The van der Waals surface area contributed by atoms with Gasteiger partial charge in [0, 0.05) is 17.2 Å². The highest BCUT2D eigenvalue weighted by atomic mass is 32.1. The number of nitrogens with zero attached hydrogens (tertiary/aromatic N) is 2. The van der Waals surface area contributed by atoms with Gasteiger partial charge in [-0.2, -0.15) is 0 Å². The largest absolute Gasteiger partial charge is 0.390 e. The zero-order valence-corrected chi connectivity index (χ0v) is 8.16. The molecule has 0 aliphatic rings. The number of para-hydroxylation sites is 1. The monoisotopic (exact) mass is 207 g/mol. The quantitative estimate of drug-likeness (QED) is 0.805. The first-order valence-corrected chi connectivity index (χ1v) is 4.91. The summed E-state index contributed by atoms with van der Waals surface area (Å²) in [6.45, 7) is -0.0916. The third-order valence-corrected chi connectivity index (χ3v) is 2.42. The van der Waals surface area contributed by atoms with Crippen LogP contribution in [-0.4, -0.2) is 14.7 Å². The van der Waals surface area contributed by atoms with Crippen molar-refractivity contribution < 1.29 is 5.11 Å². The average Bonchev–Trinajstić information content (AvgIpc) is 2.67. The number of rotatable bonds is 3. The molecule has 14 heavy (non-hydrogen) atoms. The third-order valence-electron chi connectivity index (χ3n) is 1.74. The summed E-state index contributed by atoms with van der Waals surface area (Å²) in [6, 6.07) is 9.72. The van der Waals surface area contributed by atoms with E-state index in [1.54, 1.807) is 0 Å². The Balaban J connectivity index is 2.19. The van der Waals surface area contributed by atoms with Crippen LogP contribution in [0.3, 0.4) is 0 Å². The Morgan fingerprint density at radius 2 is 2.07 bits per heavy atom. The predicted octanol–water partition coefficient (Wildman–Crippen LogP) is 1.77. The zero-order valence-electron chi connectivity index (χ0n) is 7.34. The van der Waals surface area contributed by atoms with Gasteiger partial charge in [0.25, 0.3) is 0 Å². The molecule has 72 valence electrons. The van der Waals surface area contributed by atoms with Crippen LogP contribution in [0.2, 0.25) is 0 Å². The normalized spacial score (nSPS) is 10.1. The summed E-state index contributed by atoms with van der Waals surface area (Å²) in [6.07, 6.45) is 0. The molecule has 0 aliphatic heterocycles. The maximum absolute atomic E-state index is 8.95. The van der Waals surface area contributed by atoms with Gasteiger partial charge in [0.1, 0.15) is 10.7 Å². The second kappa shape index (κ2) is 4.17. The minimum absolute atomic E-state index is 0.0916. The Kier molecular flexibility index (Phi) is 2.71. The molecule has 0 aliphatic carbocycles. The second-order valence-corrected chi connectivity index (χ2v) is 3.45. The Bertz CT molecular complexity index is 401. The van der Waals surface area contributed by atoms with Gasteiger partial charge in [0.15, 0.2) is 0 Å². The first kappa shape index (κ1) is 9.11. The van der Waals surface area contributed by atoms with E-state index in [2.05, 4.69) is 14.9 Å². The van der Waals surface area contributed by atoms with Gasteiger partial charge in [-0.3, -0.25) is 0 Å². The summed E-state index contributed by atoms with van der Waals surface area (Å²) in [5.41, 5.74) is 1.55. The van der Waals surface area contributed by atoms with E-state index in [1.807, 2.05) is 30.3 Å². The van der Waals surface area contributed by atoms with Crippen LogP contribution in [0.25, 0.3) is 0 Å². The molecule has 0 bridgehead atoms. The van der Waals surface area contributed by atoms with Crippen molar-refractivity contribution in [3.8, 4) is 0 Å². The molecule has 2 aromatic rings. The molecule has 0 amide bonds. The first-order valence-electron chi connectivity index (χ1n) is 4.14. The smallest absolute Gasteiger partial charge is 0.140 e. The van der Waals surface area contributed by atoms with Gasteiger partial charge < -0.3 is 10.4 Å². The number of aliphatic hydroxyl groups excluding tert-OH is 1. The number of hydrogen-bond donors (Lipinski definition) is 2. The Morgan fingerprint density at radius 3 is 2.79 bits per heavy atom. The number of benzene rings is 1. The van der Waals surface area contributed by atoms with Crippen molar-refractivity contribution in [1.29, 1.82) is 0 Å². The molecule has 0 fully saturated rings. The molecule has 2 rings (SSSR count). The maximum atomic E-state index is 8.95. The third kappa shape index (κ3) is 1.89. The van der Waals surface area contributed by atoms with E-state index in [0.717, 1.165) is 10.7 Å². The maximum Gasteiger partial charge on any atom is 0.140 e. The molecule has 0 radical (unpaired) electrons. The molecule has 1 aromatic carbocycles. The van der Waals surface area contributed by atoms with Gasteiger partial charge in [0.05, 0.1) is 6.61 Å². The Morgan fingerprint density at radius 1 is 1.29 bits per heavy atom. The topological polar surface area (TPSA) is 58.0 Å². The van der Waals surface area contributed by atoms with Gasteiger partial charge in [-0.05, 0) is 12.1 Å². The minimum atomic E-state index is -0.0916. The van der Waals surface area contributed by atoms with E-state index in [-0.39, 0.29) is 6.61 Å². The highest BCUT2D eigenvalue weighted by Gasteiger charge is 2.05. The van der Waals surface area contributed by atoms with Gasteiger partial charge in [-0.15, -0.1) is 5.10 Å². The Labute approximate surface area is 85.4 Å². The second-order valence-electron chi connectivity index (χ2n) is 2.70. The van der Waals surface area contributed by atoms with E-state index in [9.17, 15) is 0 Å². The van der Waals surface area contributed by atoms with Crippen molar-refractivity contribution in [1.82, 2.24) is 9.59 Å². The molecule has 0 spiro atoms. The molecule has 1 aromatic heterocycles. The fraction of sp³-hybridized carbons (Fsp3) is 0.111. The van der Waals surface area contributed by atoms with E-state index in [1.165, 1.54) is 11.5 Å². The number of anilines is 2. The number of aliphatic hydroxyl groups is 1. The van der Waals surface area contributed by atoms with Crippen molar-refractivity contribution in [2.45, 2.75) is 6.61 Å². The summed E-state index contributed by atoms with van der Waals surface area (Å²) < 4.78 is 3.76. The molecule has 5 heteroatoms. The molecule has 0 saturated heterocycles. The lowest BCUT2D eigenvalue weighted by Crippen LogP contribution is -1.92. The fourth-order valence-corrected chi connectivity index (χ4v) is 1.65. The summed E-state index contributed by atoms with van der Waals surface area (Å²) in [4.78, 5) is 0. The molecular formula is C9H9N3OS. The lowest BCUT2D eigenvalue weighted by Gasteiger charge is -2.02. The van der Waals surface area contributed by atoms with Crippen molar-refractivity contribution in [3.63, 3.8) is 0 Å². The van der Waals surface area contributed by atoms with E-state index in [0.29, 0.717) is 5.69 Å². The van der Waals surface area contributed by atoms with Crippen LogP contribution in [0.1, 0.15) is 5.69 Å². The van der Waals surface area contributed by atoms with Crippen molar-refractivity contribution in [3.05, 3.63) is 36.0 Å². The van der Waals surface area contributed by atoms with Crippen molar-refractivity contribution in [2.75, 3.05) is 5.32 Å². The Hall–Kier alpha value is -1.46. The number of hydrogen-bond acceptors (Lipinski definition) is 5. The standard InChI is InChI=1S/C9H9N3OS/c13-6-8-9(14-12-11-8)10-7-4-2-1-3-5-7/h1-5,10,13H,6H2. The SMILES string of the molecule is OCc1nnsc1Nc1ccccc1. The van der Waals surface area contributed by atoms with Crippen molar-refractivity contribution in [2.24, 2.45) is 0 Å². The van der Waals surface area contributed by atoms with Crippen LogP contribution in [0.4, 0.5) is 10.7 Å². The highest BCUT2D eigenvalue weighted by molar-refractivity contribution is 7.10. The number of aromatic nitrogens is 2. The molecule has 0 unspecified atom stereocenters. The number of nitrogens with one attached hydrogen (secondary N) is 1. The van der Waals surface area contributed by atoms with Gasteiger partial charge in [0.2, 0.25) is 0 Å². The lowest BCUT2D eigenvalue weighted by atomic mass is 10.3. The van der Waals surface area contributed by atoms with Crippen molar-refractivity contribution >= 4 is 22.2 Å². The van der Waals surface area contributed by atoms with Crippen LogP contribution < -0.4 is 5.32 Å². The zero-order chi connectivity index (χ0) is 9.80. The highest BCUT2D eigenvalue weighted by Crippen LogP contribution is 2.22. The molecule has 2 N–H and O–H groups in total. The minimum Gasteiger partial charge on any atom is -0.390 e. The van der Waals surface area contributed by atoms with E-state index < -0.39 is 0 Å². The summed E-state index contributed by atoms with van der Waals surface area (Å²) >= 11 is 1.24. The van der Waals surface area contributed by atoms with Gasteiger partial charge in [-0.25, -0.2) is 0 Å². The summed E-state index contributed by atoms with van der Waals surface area (Å²) in [7, 11) is 0. The van der Waals surface area contributed by atoms with E-state index in [4.69, 9.17) is 5.11 Å². The molecule has 0 saturated carbocycles. The lowest BCUT2D eigenvalue weighted by molar-refractivity contribution is 0.277. The molecular weight excluding hydrogens is 198 g/mol. The van der Waals surface area contributed by atoms with Gasteiger partial charge in [-0.1, -0.05) is 22.7 Å². The first-order chi connectivity index (χ1) is 6.90. The van der Waals surface area contributed by atoms with Gasteiger partial charge >= 0.3 is 0 Å². The molecule has 0 atom stereocenters. The summed E-state index contributed by atoms with van der Waals surface area (Å²) in [5, 5.41) is 16.7. The van der Waals surface area contributed by atoms with Crippen LogP contribution in [0, 0.1) is 0 Å². The predicted molar refractivity (Wildman–Crippen MR) is 55.6 cm³/mol. The fourth-order valence-electron chi connectivity index (χ4n) is 1.06. The molecule has 4 nitrogen and oxygen atoms in total. The summed E-state index contributed by atoms with van der Waals surface area (Å²) in [5.74, 6) is 0. The van der Waals surface area contributed by atoms with Crippen LogP contribution in [-0.2, 0) is 6.61 Å².